The van der Waals surface area contributed by atoms with Crippen LogP contribution in [0.3, 0.4) is 0 Å². The molecule has 0 saturated heterocycles. The smallest absolute Gasteiger partial charge is 0.278 e. The lowest BCUT2D eigenvalue weighted by Crippen LogP contribution is -2.46. The number of aromatic nitrogens is 3. The summed E-state index contributed by atoms with van der Waals surface area (Å²) in [5, 5.41) is 6.88. The number of benzene rings is 1. The van der Waals surface area contributed by atoms with Crippen LogP contribution >= 0.6 is 11.3 Å². The van der Waals surface area contributed by atoms with Crippen LogP contribution in [-0.4, -0.2) is 26.7 Å². The van der Waals surface area contributed by atoms with Crippen LogP contribution in [0, 0.1) is 5.92 Å². The van der Waals surface area contributed by atoms with Crippen molar-refractivity contribution in [2.24, 2.45) is 13.0 Å². The number of carbonyl (C=O) groups is 1. The molecule has 3 aromatic rings. The Balaban J connectivity index is 1.71. The maximum atomic E-state index is 13.4. The number of anilines is 1. The number of fused-ring (bicyclic) bond motifs is 1. The van der Waals surface area contributed by atoms with Gasteiger partial charge in [0, 0.05) is 35.9 Å². The molecular weight excluding hydrogens is 344 g/mol. The first-order valence-electron chi connectivity index (χ1n) is 8.90. The summed E-state index contributed by atoms with van der Waals surface area (Å²) in [7, 11) is 1.88. The highest BCUT2D eigenvalue weighted by molar-refractivity contribution is 7.13. The molecule has 1 atom stereocenters. The highest BCUT2D eigenvalue weighted by atomic mass is 32.1. The van der Waals surface area contributed by atoms with E-state index >= 15 is 0 Å². The van der Waals surface area contributed by atoms with Gasteiger partial charge in [-0.05, 0) is 30.4 Å². The van der Waals surface area contributed by atoms with E-state index in [-0.39, 0.29) is 11.9 Å². The molecule has 6 heteroatoms. The quantitative estimate of drug-likeness (QED) is 0.699. The Morgan fingerprint density at radius 2 is 2.12 bits per heavy atom. The summed E-state index contributed by atoms with van der Waals surface area (Å²) in [4.78, 5) is 19.9. The Kier molecular flexibility index (Phi) is 4.36. The summed E-state index contributed by atoms with van der Waals surface area (Å²) < 4.78 is 1.74. The molecule has 0 spiro atoms. The highest BCUT2D eigenvalue weighted by Gasteiger charge is 2.34. The number of thiazole rings is 1. The van der Waals surface area contributed by atoms with Crippen molar-refractivity contribution in [2.45, 2.75) is 32.7 Å². The highest BCUT2D eigenvalue weighted by Crippen LogP contribution is 2.35. The Morgan fingerprint density at radius 3 is 2.85 bits per heavy atom. The van der Waals surface area contributed by atoms with Crippen LogP contribution in [-0.2, 0) is 13.5 Å². The second kappa shape index (κ2) is 6.68. The van der Waals surface area contributed by atoms with Gasteiger partial charge in [0.05, 0.1) is 6.20 Å². The summed E-state index contributed by atoms with van der Waals surface area (Å²) in [5.41, 5.74) is 3.71. The predicted octanol–water partition coefficient (Wildman–Crippen LogP) is 4.16. The number of para-hydroxylation sites is 1. The van der Waals surface area contributed by atoms with Crippen molar-refractivity contribution in [1.29, 1.82) is 0 Å². The van der Waals surface area contributed by atoms with Crippen molar-refractivity contribution in [1.82, 2.24) is 14.8 Å². The monoisotopic (exact) mass is 366 g/mol. The van der Waals surface area contributed by atoms with Gasteiger partial charge in [0.1, 0.15) is 10.7 Å². The van der Waals surface area contributed by atoms with Gasteiger partial charge >= 0.3 is 0 Å². The fraction of sp³-hybridized carbons (Fsp3) is 0.350. The Bertz CT molecular complexity index is 943. The molecule has 4 rings (SSSR count). The lowest BCUT2D eigenvalue weighted by atomic mass is 9.89. The minimum atomic E-state index is -0.0118. The SMILES string of the molecule is CC(C)C1CCc2ccccc2N1C(=O)c1csc(-c2cnn(C)c2)n1. The van der Waals surface area contributed by atoms with E-state index in [0.717, 1.165) is 29.1 Å². The molecular formula is C20H22N4OS. The van der Waals surface area contributed by atoms with Crippen LogP contribution in [0.2, 0.25) is 0 Å². The van der Waals surface area contributed by atoms with Gasteiger partial charge in [-0.15, -0.1) is 11.3 Å². The normalized spacial score (nSPS) is 16.8. The van der Waals surface area contributed by atoms with Crippen LogP contribution in [0.25, 0.3) is 10.6 Å². The fourth-order valence-electron chi connectivity index (χ4n) is 3.62. The maximum absolute atomic E-state index is 13.4. The minimum absolute atomic E-state index is 0.0118. The maximum Gasteiger partial charge on any atom is 0.278 e. The molecule has 3 heterocycles. The van der Waals surface area contributed by atoms with Crippen molar-refractivity contribution in [3.05, 3.63) is 53.3 Å². The molecule has 0 saturated carbocycles. The van der Waals surface area contributed by atoms with Crippen molar-refractivity contribution in [3.63, 3.8) is 0 Å². The number of amides is 1. The molecule has 0 N–H and O–H groups in total. The summed E-state index contributed by atoms with van der Waals surface area (Å²) >= 11 is 1.49. The number of hydrogen-bond donors (Lipinski definition) is 0. The molecule has 2 aromatic heterocycles. The molecule has 1 aliphatic rings. The van der Waals surface area contributed by atoms with Gasteiger partial charge in [-0.2, -0.15) is 5.10 Å². The lowest BCUT2D eigenvalue weighted by Gasteiger charge is -2.39. The van der Waals surface area contributed by atoms with Crippen LogP contribution in [0.4, 0.5) is 5.69 Å². The zero-order valence-corrected chi connectivity index (χ0v) is 16.0. The van der Waals surface area contributed by atoms with E-state index in [9.17, 15) is 4.79 Å². The van der Waals surface area contributed by atoms with E-state index in [4.69, 9.17) is 0 Å². The standard InChI is InChI=1S/C20H22N4OS/c1-13(2)17-9-8-14-6-4-5-7-18(14)24(17)20(25)16-12-26-19(22-16)15-10-21-23(3)11-15/h4-7,10-13,17H,8-9H2,1-3H3. The number of hydrogen-bond acceptors (Lipinski definition) is 4. The third kappa shape index (κ3) is 2.94. The molecule has 134 valence electrons. The van der Waals surface area contributed by atoms with Crippen molar-refractivity contribution < 1.29 is 4.79 Å². The number of nitrogens with zero attached hydrogens (tertiary/aromatic N) is 4. The van der Waals surface area contributed by atoms with E-state index < -0.39 is 0 Å². The average molecular weight is 366 g/mol. The number of carbonyl (C=O) groups excluding carboxylic acids is 1. The zero-order valence-electron chi connectivity index (χ0n) is 15.2. The Hall–Kier alpha value is -2.47. The second-order valence-corrected chi connectivity index (χ2v) is 7.95. The van der Waals surface area contributed by atoms with Crippen molar-refractivity contribution in [2.75, 3.05) is 4.90 Å². The second-order valence-electron chi connectivity index (χ2n) is 7.09. The molecule has 1 aliphatic heterocycles. The molecule has 1 unspecified atom stereocenters. The van der Waals surface area contributed by atoms with Crippen LogP contribution in [0.5, 0.6) is 0 Å². The molecule has 1 amide bonds. The molecule has 1 aromatic carbocycles. The topological polar surface area (TPSA) is 51.0 Å². The third-order valence-corrected chi connectivity index (χ3v) is 5.85. The molecule has 0 fully saturated rings. The first-order valence-corrected chi connectivity index (χ1v) is 9.78. The van der Waals surface area contributed by atoms with Gasteiger partial charge in [0.25, 0.3) is 5.91 Å². The minimum Gasteiger partial charge on any atom is -0.303 e. The third-order valence-electron chi connectivity index (χ3n) is 4.96. The first kappa shape index (κ1) is 17.0. The Labute approximate surface area is 157 Å². The summed E-state index contributed by atoms with van der Waals surface area (Å²) in [6.07, 6.45) is 5.70. The molecule has 5 nitrogen and oxygen atoms in total. The number of rotatable bonds is 3. The van der Waals surface area contributed by atoms with E-state index in [1.54, 1.807) is 10.9 Å². The summed E-state index contributed by atoms with van der Waals surface area (Å²) in [5.74, 6) is 0.381. The number of aryl methyl sites for hydroxylation is 2. The summed E-state index contributed by atoms with van der Waals surface area (Å²) in [6.45, 7) is 4.36. The molecule has 0 radical (unpaired) electrons. The van der Waals surface area contributed by atoms with E-state index in [2.05, 4.69) is 36.1 Å². The van der Waals surface area contributed by atoms with Crippen molar-refractivity contribution >= 4 is 22.9 Å². The van der Waals surface area contributed by atoms with Gasteiger partial charge in [0.2, 0.25) is 0 Å². The molecule has 26 heavy (non-hydrogen) atoms. The van der Waals surface area contributed by atoms with Crippen LogP contribution in [0.1, 0.15) is 36.3 Å². The Morgan fingerprint density at radius 1 is 1.31 bits per heavy atom. The first-order chi connectivity index (χ1) is 12.5. The average Bonchev–Trinajstić information content (AvgIpc) is 3.29. The van der Waals surface area contributed by atoms with Gasteiger partial charge in [-0.1, -0.05) is 32.0 Å². The van der Waals surface area contributed by atoms with Gasteiger partial charge < -0.3 is 4.90 Å². The summed E-state index contributed by atoms with van der Waals surface area (Å²) in [6, 6.07) is 8.41. The largest absolute Gasteiger partial charge is 0.303 e. The zero-order chi connectivity index (χ0) is 18.3. The lowest BCUT2D eigenvalue weighted by molar-refractivity contribution is 0.0961. The van der Waals surface area contributed by atoms with Gasteiger partial charge in [0.15, 0.2) is 0 Å². The molecule has 0 aliphatic carbocycles. The predicted molar refractivity (Wildman–Crippen MR) is 105 cm³/mol. The van der Waals surface area contributed by atoms with Gasteiger partial charge in [-0.3, -0.25) is 9.48 Å². The molecule has 0 bridgehead atoms. The van der Waals surface area contributed by atoms with E-state index in [1.165, 1.54) is 16.9 Å². The van der Waals surface area contributed by atoms with E-state index in [1.807, 2.05) is 35.7 Å². The van der Waals surface area contributed by atoms with Crippen molar-refractivity contribution in [3.8, 4) is 10.6 Å². The van der Waals surface area contributed by atoms with E-state index in [0.29, 0.717) is 11.6 Å². The van der Waals surface area contributed by atoms with Crippen LogP contribution in [0.15, 0.2) is 42.0 Å². The van der Waals surface area contributed by atoms with Gasteiger partial charge in [-0.25, -0.2) is 4.98 Å². The fourth-order valence-corrected chi connectivity index (χ4v) is 4.39. The van der Waals surface area contributed by atoms with Crippen LogP contribution < -0.4 is 4.90 Å².